The molecule has 0 aromatic heterocycles. The van der Waals surface area contributed by atoms with Crippen LogP contribution >= 0.6 is 7.55 Å². The zero-order valence-electron chi connectivity index (χ0n) is 8.62. The Balaban J connectivity index is 2.56. The van der Waals surface area contributed by atoms with Gasteiger partial charge in [0.2, 0.25) is 0 Å². The largest absolute Gasteiger partial charge is 0.0921 e. The molecule has 72 valence electrons. The molecule has 1 aliphatic heterocycles. The monoisotopic (exact) mass is 202 g/mol. The van der Waals surface area contributed by atoms with Crippen LogP contribution in [0.1, 0.15) is 11.1 Å². The zero-order chi connectivity index (χ0) is 9.97. The van der Waals surface area contributed by atoms with Crippen molar-refractivity contribution in [2.45, 2.75) is 6.92 Å². The van der Waals surface area contributed by atoms with Gasteiger partial charge in [-0.2, -0.15) is 0 Å². The number of aryl methyl sites for hydroxylation is 1. The average Bonchev–Trinajstić information content (AvgIpc) is 2.20. The number of rotatable bonds is 1. The Kier molecular flexibility index (Phi) is 2.74. The van der Waals surface area contributed by atoms with E-state index in [0.29, 0.717) is 0 Å². The fraction of sp³-hybridized carbons (Fsp3) is 0.154. The van der Waals surface area contributed by atoms with E-state index < -0.39 is 7.55 Å². The van der Waals surface area contributed by atoms with Gasteiger partial charge in [0.25, 0.3) is 0 Å². The van der Waals surface area contributed by atoms with Crippen LogP contribution in [0, 0.1) is 6.92 Å². The molecular weight excluding hydrogens is 187 g/mol. The molecule has 1 heteroatoms. The Bertz CT molecular complexity index is 436. The number of hydrogen-bond donors (Lipinski definition) is 0. The molecule has 0 fully saturated rings. The first-order valence-corrected chi connectivity index (χ1v) is 6.98. The van der Waals surface area contributed by atoms with Crippen LogP contribution in [0.4, 0.5) is 0 Å². The molecule has 0 saturated heterocycles. The Morgan fingerprint density at radius 2 is 1.86 bits per heavy atom. The molecule has 1 aromatic rings. The molecule has 0 radical (unpaired) electrons. The van der Waals surface area contributed by atoms with Crippen molar-refractivity contribution in [2.75, 3.05) is 6.66 Å². The minimum atomic E-state index is -0.457. The molecule has 2 rings (SSSR count). The molecule has 0 bridgehead atoms. The highest BCUT2D eigenvalue weighted by Crippen LogP contribution is 2.29. The maximum atomic E-state index is 2.34. The van der Waals surface area contributed by atoms with Crippen LogP contribution in [0.5, 0.6) is 0 Å². The number of hydrogen-bond acceptors (Lipinski definition) is 0. The van der Waals surface area contributed by atoms with Crippen LogP contribution in [0.25, 0.3) is 0 Å². The summed E-state index contributed by atoms with van der Waals surface area (Å²) in [6.07, 6.45) is 6.56. The summed E-state index contributed by atoms with van der Waals surface area (Å²) in [5, 5.41) is 1.52. The molecule has 1 heterocycles. The van der Waals surface area contributed by atoms with Gasteiger partial charge >= 0.3 is 0 Å². The lowest BCUT2D eigenvalue weighted by Gasteiger charge is -2.12. The van der Waals surface area contributed by atoms with Gasteiger partial charge in [0.05, 0.1) is 0 Å². The third kappa shape index (κ3) is 1.76. The Morgan fingerprint density at radius 3 is 2.57 bits per heavy atom. The van der Waals surface area contributed by atoms with Gasteiger partial charge < -0.3 is 0 Å². The molecule has 0 aliphatic carbocycles. The van der Waals surface area contributed by atoms with Crippen LogP contribution in [0.15, 0.2) is 48.3 Å². The number of allylic oxidation sites excluding steroid dienone is 3. The highest BCUT2D eigenvalue weighted by molar-refractivity contribution is 7.62. The standard InChI is InChI=1S/C13H15P/c1-11-7-3-4-8-12(11)13-9-5-6-10-14(13)2/h3-10,14H,1-2H3. The molecule has 1 aliphatic rings. The van der Waals surface area contributed by atoms with Gasteiger partial charge in [-0.15, -0.1) is 0 Å². The minimum absolute atomic E-state index is 0.457. The first-order valence-electron chi connectivity index (χ1n) is 4.90. The molecule has 0 amide bonds. The first kappa shape index (κ1) is 9.55. The van der Waals surface area contributed by atoms with Crippen LogP contribution in [0.3, 0.4) is 0 Å². The quantitative estimate of drug-likeness (QED) is 0.612. The van der Waals surface area contributed by atoms with E-state index in [2.05, 4.69) is 61.9 Å². The maximum absolute atomic E-state index is 2.34. The van der Waals surface area contributed by atoms with E-state index in [4.69, 9.17) is 0 Å². The van der Waals surface area contributed by atoms with E-state index in [1.165, 1.54) is 16.4 Å². The normalized spacial score (nSPS) is 20.1. The van der Waals surface area contributed by atoms with Crippen LogP contribution < -0.4 is 0 Å². The van der Waals surface area contributed by atoms with Gasteiger partial charge in [0.1, 0.15) is 0 Å². The predicted octanol–water partition coefficient (Wildman–Crippen LogP) is 3.44. The van der Waals surface area contributed by atoms with Crippen molar-refractivity contribution in [1.29, 1.82) is 0 Å². The van der Waals surface area contributed by atoms with Crippen LogP contribution in [-0.4, -0.2) is 12.0 Å². The molecule has 0 saturated carbocycles. The molecule has 1 atom stereocenters. The van der Waals surface area contributed by atoms with Crippen molar-refractivity contribution in [2.24, 2.45) is 0 Å². The van der Waals surface area contributed by atoms with E-state index in [-0.39, 0.29) is 0 Å². The topological polar surface area (TPSA) is 0 Å². The average molecular weight is 202 g/mol. The summed E-state index contributed by atoms with van der Waals surface area (Å²) < 4.78 is 0. The third-order valence-corrected chi connectivity index (χ3v) is 4.56. The Morgan fingerprint density at radius 1 is 1.07 bits per heavy atom. The summed E-state index contributed by atoms with van der Waals surface area (Å²) in [5.74, 6) is 2.34. The van der Waals surface area contributed by atoms with Gasteiger partial charge in [0, 0.05) is 0 Å². The lowest BCUT2D eigenvalue weighted by Crippen LogP contribution is -1.99. The second-order valence-corrected chi connectivity index (χ2v) is 5.87. The van der Waals surface area contributed by atoms with Crippen molar-refractivity contribution in [3.63, 3.8) is 0 Å². The zero-order valence-corrected chi connectivity index (χ0v) is 9.62. The molecule has 0 N–H and O–H groups in total. The fourth-order valence-electron chi connectivity index (χ4n) is 1.75. The van der Waals surface area contributed by atoms with E-state index >= 15 is 0 Å². The molecule has 1 aromatic carbocycles. The SMILES string of the molecule is Cc1ccccc1C1=[PH](C)C=CC=C1. The second kappa shape index (κ2) is 4.02. The molecule has 14 heavy (non-hydrogen) atoms. The third-order valence-electron chi connectivity index (χ3n) is 2.58. The summed E-state index contributed by atoms with van der Waals surface area (Å²) in [6.45, 7) is 4.52. The Labute approximate surface area is 86.4 Å². The molecule has 0 spiro atoms. The maximum Gasteiger partial charge on any atom is -0.0153 e. The van der Waals surface area contributed by atoms with Crippen molar-refractivity contribution in [3.8, 4) is 0 Å². The van der Waals surface area contributed by atoms with Crippen LogP contribution in [-0.2, 0) is 0 Å². The van der Waals surface area contributed by atoms with Crippen LogP contribution in [0.2, 0.25) is 0 Å². The van der Waals surface area contributed by atoms with Crippen molar-refractivity contribution in [3.05, 3.63) is 59.4 Å². The van der Waals surface area contributed by atoms with Crippen molar-refractivity contribution >= 4 is 12.8 Å². The highest BCUT2D eigenvalue weighted by Gasteiger charge is 2.04. The predicted molar refractivity (Wildman–Crippen MR) is 67.8 cm³/mol. The van der Waals surface area contributed by atoms with Gasteiger partial charge in [-0.3, -0.25) is 0 Å². The smallest absolute Gasteiger partial charge is 0.0153 e. The summed E-state index contributed by atoms with van der Waals surface area (Å²) in [7, 11) is -0.457. The van der Waals surface area contributed by atoms with Crippen molar-refractivity contribution in [1.82, 2.24) is 0 Å². The summed E-state index contributed by atoms with van der Waals surface area (Å²) in [4.78, 5) is 0. The lowest BCUT2D eigenvalue weighted by atomic mass is 10.1. The van der Waals surface area contributed by atoms with E-state index in [1.807, 2.05) is 0 Å². The Hall–Kier alpha value is -1.00. The molecular formula is C13H15P. The summed E-state index contributed by atoms with van der Waals surface area (Å²) >= 11 is 0. The molecule has 1 unspecified atom stereocenters. The van der Waals surface area contributed by atoms with E-state index in [1.54, 1.807) is 0 Å². The summed E-state index contributed by atoms with van der Waals surface area (Å²) in [5.41, 5.74) is 2.80. The fourth-order valence-corrected chi connectivity index (χ4v) is 3.39. The van der Waals surface area contributed by atoms with Gasteiger partial charge in [-0.05, 0) is 30.0 Å². The second-order valence-electron chi connectivity index (χ2n) is 3.63. The van der Waals surface area contributed by atoms with E-state index in [9.17, 15) is 0 Å². The minimum Gasteiger partial charge on any atom is -0.0921 e. The van der Waals surface area contributed by atoms with Gasteiger partial charge in [0.15, 0.2) is 0 Å². The van der Waals surface area contributed by atoms with Gasteiger partial charge in [-0.1, -0.05) is 55.9 Å². The van der Waals surface area contributed by atoms with Crippen molar-refractivity contribution < 1.29 is 0 Å². The van der Waals surface area contributed by atoms with E-state index in [0.717, 1.165) is 0 Å². The lowest BCUT2D eigenvalue weighted by molar-refractivity contribution is 1.45. The highest BCUT2D eigenvalue weighted by atomic mass is 31.1. The summed E-state index contributed by atoms with van der Waals surface area (Å²) in [6, 6.07) is 8.63. The van der Waals surface area contributed by atoms with Gasteiger partial charge in [-0.25, -0.2) is 0 Å². The first-order chi connectivity index (χ1) is 6.79. The molecule has 0 nitrogen and oxygen atoms in total. The number of benzene rings is 1.